The zero-order valence-electron chi connectivity index (χ0n) is 12.3. The highest BCUT2D eigenvalue weighted by atomic mass is 16.6. The predicted molar refractivity (Wildman–Crippen MR) is 75.2 cm³/mol. The van der Waals surface area contributed by atoms with E-state index in [9.17, 15) is 9.59 Å². The molecule has 0 spiro atoms. The van der Waals surface area contributed by atoms with Gasteiger partial charge in [0, 0.05) is 6.42 Å². The van der Waals surface area contributed by atoms with E-state index < -0.39 is 17.9 Å². The molecule has 0 aromatic heterocycles. The van der Waals surface area contributed by atoms with E-state index in [1.54, 1.807) is 20.8 Å². The fourth-order valence-electron chi connectivity index (χ4n) is 1.58. The van der Waals surface area contributed by atoms with Gasteiger partial charge in [-0.15, -0.1) is 0 Å². The fraction of sp³-hybridized carbons (Fsp3) is 0.467. The van der Waals surface area contributed by atoms with Crippen molar-refractivity contribution in [1.29, 1.82) is 0 Å². The van der Waals surface area contributed by atoms with Gasteiger partial charge in [0.25, 0.3) is 6.47 Å². The van der Waals surface area contributed by atoms with Crippen LogP contribution in [-0.2, 0) is 20.7 Å². The number of hydrogen-bond donors (Lipinski definition) is 1. The summed E-state index contributed by atoms with van der Waals surface area (Å²) in [4.78, 5) is 22.2. The fourth-order valence-corrected chi connectivity index (χ4v) is 1.58. The summed E-state index contributed by atoms with van der Waals surface area (Å²) < 4.78 is 9.99. The van der Waals surface area contributed by atoms with Crippen molar-refractivity contribution in [3.8, 4) is 0 Å². The molecule has 0 saturated carbocycles. The van der Waals surface area contributed by atoms with Crippen LogP contribution in [0.15, 0.2) is 24.3 Å². The molecule has 0 bridgehead atoms. The van der Waals surface area contributed by atoms with Crippen molar-refractivity contribution in [2.75, 3.05) is 0 Å². The van der Waals surface area contributed by atoms with Crippen LogP contribution in [0, 0.1) is 6.92 Å². The number of aryl methyl sites for hydroxylation is 1. The van der Waals surface area contributed by atoms with Crippen molar-refractivity contribution >= 4 is 12.6 Å². The average molecular weight is 279 g/mol. The molecule has 0 heterocycles. The number of hydrogen-bond acceptors (Lipinski definition) is 4. The molecule has 1 rings (SSSR count). The molecule has 0 saturated heterocycles. The van der Waals surface area contributed by atoms with Crippen molar-refractivity contribution < 1.29 is 19.1 Å². The van der Waals surface area contributed by atoms with E-state index in [1.165, 1.54) is 0 Å². The molecule has 0 radical (unpaired) electrons. The molecular weight excluding hydrogens is 258 g/mol. The maximum Gasteiger partial charge on any atom is 0.410 e. The lowest BCUT2D eigenvalue weighted by atomic mass is 10.1. The van der Waals surface area contributed by atoms with Gasteiger partial charge in [-0.3, -0.25) is 10.1 Å². The van der Waals surface area contributed by atoms with Gasteiger partial charge in [-0.1, -0.05) is 29.8 Å². The van der Waals surface area contributed by atoms with Gasteiger partial charge < -0.3 is 9.47 Å². The van der Waals surface area contributed by atoms with Crippen LogP contribution in [0.25, 0.3) is 0 Å². The number of ether oxygens (including phenoxy) is 2. The monoisotopic (exact) mass is 279 g/mol. The van der Waals surface area contributed by atoms with Gasteiger partial charge in [-0.05, 0) is 33.3 Å². The Morgan fingerprint density at radius 3 is 2.40 bits per heavy atom. The second-order valence-corrected chi connectivity index (χ2v) is 5.56. The average Bonchev–Trinajstić information content (AvgIpc) is 2.30. The van der Waals surface area contributed by atoms with Crippen LogP contribution in [0.3, 0.4) is 0 Å². The Morgan fingerprint density at radius 1 is 1.30 bits per heavy atom. The maximum atomic E-state index is 11.7. The van der Waals surface area contributed by atoms with E-state index in [-0.39, 0.29) is 0 Å². The summed E-state index contributed by atoms with van der Waals surface area (Å²) in [5.41, 5.74) is 1.50. The Labute approximate surface area is 119 Å². The summed E-state index contributed by atoms with van der Waals surface area (Å²) in [5.74, 6) is 0. The van der Waals surface area contributed by atoms with Crippen molar-refractivity contribution in [3.63, 3.8) is 0 Å². The molecule has 5 nitrogen and oxygen atoms in total. The predicted octanol–water partition coefficient (Wildman–Crippen LogP) is 2.56. The first-order valence-corrected chi connectivity index (χ1v) is 6.44. The van der Waals surface area contributed by atoms with Gasteiger partial charge in [0.2, 0.25) is 0 Å². The summed E-state index contributed by atoms with van der Waals surface area (Å²) in [6.45, 7) is 7.60. The molecule has 1 aromatic carbocycles. The lowest BCUT2D eigenvalue weighted by Crippen LogP contribution is -2.41. The number of amides is 1. The highest BCUT2D eigenvalue weighted by molar-refractivity contribution is 5.68. The van der Waals surface area contributed by atoms with E-state index in [0.29, 0.717) is 12.9 Å². The van der Waals surface area contributed by atoms with Gasteiger partial charge in [0.1, 0.15) is 5.60 Å². The summed E-state index contributed by atoms with van der Waals surface area (Å²) in [5, 5.41) is 2.52. The van der Waals surface area contributed by atoms with Crippen molar-refractivity contribution in [1.82, 2.24) is 5.32 Å². The Kier molecular flexibility index (Phi) is 5.55. The summed E-state index contributed by atoms with van der Waals surface area (Å²) in [6, 6.07) is 7.77. The highest BCUT2D eigenvalue weighted by Gasteiger charge is 2.20. The number of alkyl carbamates (subject to hydrolysis) is 1. The Hall–Kier alpha value is -2.04. The summed E-state index contributed by atoms with van der Waals surface area (Å²) in [7, 11) is 0. The second kappa shape index (κ2) is 6.93. The van der Waals surface area contributed by atoms with E-state index in [1.807, 2.05) is 31.2 Å². The zero-order valence-corrected chi connectivity index (χ0v) is 12.3. The third-order valence-corrected chi connectivity index (χ3v) is 2.44. The van der Waals surface area contributed by atoms with Crippen molar-refractivity contribution in [2.45, 2.75) is 45.9 Å². The minimum Gasteiger partial charge on any atom is -0.444 e. The largest absolute Gasteiger partial charge is 0.444 e. The minimum atomic E-state index is -0.745. The van der Waals surface area contributed by atoms with Crippen LogP contribution in [0.5, 0.6) is 0 Å². The Bertz CT molecular complexity index is 448. The molecule has 110 valence electrons. The first kappa shape index (κ1) is 16.0. The van der Waals surface area contributed by atoms with Crippen LogP contribution >= 0.6 is 0 Å². The van der Waals surface area contributed by atoms with E-state index >= 15 is 0 Å². The maximum absolute atomic E-state index is 11.7. The smallest absolute Gasteiger partial charge is 0.410 e. The molecule has 5 heteroatoms. The second-order valence-electron chi connectivity index (χ2n) is 5.56. The topological polar surface area (TPSA) is 64.6 Å². The first-order chi connectivity index (χ1) is 9.30. The lowest BCUT2D eigenvalue weighted by Gasteiger charge is -2.22. The SMILES string of the molecule is Cc1ccc(C[C@H](NC(=O)OC(C)(C)C)OC=O)cc1. The van der Waals surface area contributed by atoms with E-state index in [2.05, 4.69) is 5.32 Å². The van der Waals surface area contributed by atoms with Crippen molar-refractivity contribution in [2.24, 2.45) is 0 Å². The quantitative estimate of drug-likeness (QED) is 0.664. The zero-order chi connectivity index (χ0) is 15.2. The first-order valence-electron chi connectivity index (χ1n) is 6.44. The molecule has 1 aromatic rings. The van der Waals surface area contributed by atoms with Gasteiger partial charge in [0.15, 0.2) is 6.23 Å². The highest BCUT2D eigenvalue weighted by Crippen LogP contribution is 2.09. The number of carbonyl (C=O) groups is 2. The summed E-state index contributed by atoms with van der Waals surface area (Å²) in [6.07, 6.45) is -0.973. The van der Waals surface area contributed by atoms with Crippen LogP contribution < -0.4 is 5.32 Å². The van der Waals surface area contributed by atoms with Gasteiger partial charge in [-0.2, -0.15) is 0 Å². The molecule has 0 aliphatic carbocycles. The molecule has 0 unspecified atom stereocenters. The molecule has 1 amide bonds. The third kappa shape index (κ3) is 6.22. The Balaban J connectivity index is 2.62. The Morgan fingerprint density at radius 2 is 1.90 bits per heavy atom. The van der Waals surface area contributed by atoms with Crippen LogP contribution in [0.1, 0.15) is 31.9 Å². The van der Waals surface area contributed by atoms with Gasteiger partial charge in [0.05, 0.1) is 0 Å². The standard InChI is InChI=1S/C15H21NO4/c1-11-5-7-12(8-6-11)9-13(19-10-17)16-14(18)20-15(2,3)4/h5-8,10,13H,9H2,1-4H3,(H,16,18)/t13-/m1/s1. The molecular formula is C15H21NO4. The lowest BCUT2D eigenvalue weighted by molar-refractivity contribution is -0.134. The van der Waals surface area contributed by atoms with Crippen LogP contribution in [-0.4, -0.2) is 24.4 Å². The van der Waals surface area contributed by atoms with Gasteiger partial charge >= 0.3 is 6.09 Å². The summed E-state index contributed by atoms with van der Waals surface area (Å²) >= 11 is 0. The number of nitrogens with one attached hydrogen (secondary N) is 1. The van der Waals surface area contributed by atoms with Crippen LogP contribution in [0.4, 0.5) is 4.79 Å². The molecule has 0 aliphatic rings. The van der Waals surface area contributed by atoms with Gasteiger partial charge in [-0.25, -0.2) is 4.79 Å². The minimum absolute atomic E-state index is 0.316. The van der Waals surface area contributed by atoms with Crippen molar-refractivity contribution in [3.05, 3.63) is 35.4 Å². The number of carbonyl (C=O) groups excluding carboxylic acids is 2. The molecule has 20 heavy (non-hydrogen) atoms. The molecule has 1 N–H and O–H groups in total. The molecule has 1 atom stereocenters. The third-order valence-electron chi connectivity index (χ3n) is 2.44. The van der Waals surface area contributed by atoms with E-state index in [0.717, 1.165) is 11.1 Å². The van der Waals surface area contributed by atoms with E-state index in [4.69, 9.17) is 9.47 Å². The van der Waals surface area contributed by atoms with Crippen LogP contribution in [0.2, 0.25) is 0 Å². The molecule has 0 aliphatic heterocycles. The normalized spacial score (nSPS) is 12.4. The number of rotatable bonds is 5. The number of benzene rings is 1. The molecule has 0 fully saturated rings.